The molecule has 4 aromatic carbocycles. The van der Waals surface area contributed by atoms with E-state index >= 15 is 0 Å². The van der Waals surface area contributed by atoms with Crippen LogP contribution in [0.4, 0.5) is 0 Å². The smallest absolute Gasteiger partial charge is 0.0712 e. The molecule has 5 aromatic rings. The van der Waals surface area contributed by atoms with Crippen LogP contribution in [0.25, 0.3) is 38.5 Å². The average Bonchev–Trinajstić information content (AvgIpc) is 2.91. The Bertz CT molecular complexity index is 1370. The van der Waals surface area contributed by atoms with Crippen LogP contribution in [0.15, 0.2) is 84.9 Å². The number of fused-ring (bicyclic) bond motifs is 4. The van der Waals surface area contributed by atoms with Gasteiger partial charge in [-0.05, 0) is 83.1 Å². The third-order valence-corrected chi connectivity index (χ3v) is 6.19. The van der Waals surface area contributed by atoms with Crippen LogP contribution in [0, 0.1) is 13.8 Å². The van der Waals surface area contributed by atoms with Gasteiger partial charge in [0.25, 0.3) is 0 Å². The van der Waals surface area contributed by atoms with Crippen molar-refractivity contribution in [1.29, 1.82) is 0 Å². The first-order valence-electron chi connectivity index (χ1n) is 13.1. The summed E-state index contributed by atoms with van der Waals surface area (Å²) in [6, 6.07) is 27.8. The summed E-state index contributed by atoms with van der Waals surface area (Å²) in [5, 5.41) is 6.67. The lowest BCUT2D eigenvalue weighted by molar-refractivity contribution is 0.959. The maximum Gasteiger partial charge on any atom is 0.0712 e. The van der Waals surface area contributed by atoms with Gasteiger partial charge in [-0.15, -0.1) is 0 Å². The van der Waals surface area contributed by atoms with Crippen molar-refractivity contribution < 1.29 is 0 Å². The normalized spacial score (nSPS) is 11.5. The second kappa shape index (κ2) is 12.9. The number of pyridine rings is 1. The Morgan fingerprint density at radius 1 is 0.686 bits per heavy atom. The van der Waals surface area contributed by atoms with Crippen molar-refractivity contribution in [1.82, 2.24) is 4.98 Å². The second-order valence-corrected chi connectivity index (χ2v) is 8.71. The first-order valence-corrected chi connectivity index (χ1v) is 13.1. The molecule has 0 bridgehead atoms. The molecular weight excluding hydrogens is 422 g/mol. The fourth-order valence-electron chi connectivity index (χ4n) is 4.56. The molecule has 1 aromatic heterocycles. The maximum absolute atomic E-state index is 4.69. The molecule has 1 heteroatoms. The number of aromatic nitrogens is 1. The van der Waals surface area contributed by atoms with Gasteiger partial charge in [0.15, 0.2) is 0 Å². The van der Waals surface area contributed by atoms with Gasteiger partial charge in [0.1, 0.15) is 0 Å². The Morgan fingerprint density at radius 2 is 1.20 bits per heavy atom. The average molecular weight is 462 g/mol. The van der Waals surface area contributed by atoms with E-state index in [4.69, 9.17) is 0 Å². The first kappa shape index (κ1) is 26.2. The van der Waals surface area contributed by atoms with E-state index in [1.807, 2.05) is 19.9 Å². The molecule has 180 valence electrons. The van der Waals surface area contributed by atoms with E-state index in [1.54, 1.807) is 0 Å². The van der Waals surface area contributed by atoms with E-state index < -0.39 is 0 Å². The van der Waals surface area contributed by atoms with Crippen LogP contribution in [0.2, 0.25) is 0 Å². The minimum atomic E-state index is 1.11. The highest BCUT2D eigenvalue weighted by atomic mass is 14.7. The van der Waals surface area contributed by atoms with Crippen molar-refractivity contribution in [3.8, 4) is 0 Å². The molecule has 0 saturated carbocycles. The van der Waals surface area contributed by atoms with Crippen molar-refractivity contribution in [2.75, 3.05) is 0 Å². The molecule has 0 N–H and O–H groups in total. The Balaban J connectivity index is 0.000000166. The number of aryl methyl sites for hydroxylation is 2. The van der Waals surface area contributed by atoms with Crippen LogP contribution < -0.4 is 0 Å². The van der Waals surface area contributed by atoms with Crippen molar-refractivity contribution in [3.63, 3.8) is 0 Å². The highest BCUT2D eigenvalue weighted by Crippen LogP contribution is 2.28. The maximum atomic E-state index is 4.69. The third-order valence-electron chi connectivity index (χ3n) is 6.19. The van der Waals surface area contributed by atoms with Gasteiger partial charge < -0.3 is 0 Å². The van der Waals surface area contributed by atoms with Gasteiger partial charge in [-0.25, -0.2) is 4.98 Å². The monoisotopic (exact) mass is 461 g/mol. The summed E-state index contributed by atoms with van der Waals surface area (Å²) in [5.41, 5.74) is 6.48. The summed E-state index contributed by atoms with van der Waals surface area (Å²) in [7, 11) is 0. The van der Waals surface area contributed by atoms with Crippen LogP contribution in [0.5, 0.6) is 0 Å². The largest absolute Gasteiger partial charge is 0.248 e. The Kier molecular flexibility index (Phi) is 9.61. The van der Waals surface area contributed by atoms with Gasteiger partial charge in [0.05, 0.1) is 11.2 Å². The molecule has 0 amide bonds. The summed E-state index contributed by atoms with van der Waals surface area (Å²) in [6.45, 7) is 12.7. The van der Waals surface area contributed by atoms with Crippen LogP contribution >= 0.6 is 0 Å². The van der Waals surface area contributed by atoms with Crippen LogP contribution in [-0.2, 0) is 6.42 Å². The van der Waals surface area contributed by atoms with Crippen molar-refractivity contribution in [3.05, 3.63) is 107 Å². The van der Waals surface area contributed by atoms with Gasteiger partial charge >= 0.3 is 0 Å². The minimum absolute atomic E-state index is 1.11. The molecule has 0 aliphatic heterocycles. The lowest BCUT2D eigenvalue weighted by Crippen LogP contribution is -2.01. The standard InChI is InChI=1S/C15H12.C14H13N.C3H8.C2H6/c1-11-14-8-4-2-6-12(14)10-13-7-3-5-9-15(11)13;1-10-11-6-2-4-8-13(11)15-14-9-5-3-7-12(10)14;1-3-2;1-2/h2-10H,1H3;2,4-6,8-9H,3,7H2,1H3;3H2,1-2H3;1-2H3. The number of allylic oxidation sites excluding steroid dienone is 1. The summed E-state index contributed by atoms with van der Waals surface area (Å²) in [6.07, 6.45) is 7.89. The topological polar surface area (TPSA) is 12.9 Å². The quantitative estimate of drug-likeness (QED) is 0.209. The summed E-state index contributed by atoms with van der Waals surface area (Å²) < 4.78 is 0. The number of hydrogen-bond donors (Lipinski definition) is 0. The Morgan fingerprint density at radius 3 is 1.80 bits per heavy atom. The van der Waals surface area contributed by atoms with E-state index in [1.165, 1.54) is 50.0 Å². The molecular formula is C34H39N. The molecule has 1 nitrogen and oxygen atoms in total. The van der Waals surface area contributed by atoms with Gasteiger partial charge in [-0.1, -0.05) is 107 Å². The zero-order valence-corrected chi connectivity index (χ0v) is 22.2. The van der Waals surface area contributed by atoms with Gasteiger partial charge in [-0.2, -0.15) is 0 Å². The SMILES string of the molecule is CC.CCC.Cc1c2c(nc3ccccc13)C=CCC2.Cc1c2ccccc2cc2ccccc12. The predicted molar refractivity (Wildman–Crippen MR) is 157 cm³/mol. The van der Waals surface area contributed by atoms with E-state index in [9.17, 15) is 0 Å². The fraction of sp³-hybridized carbons (Fsp3) is 0.265. The lowest BCUT2D eigenvalue weighted by Gasteiger charge is -2.14. The minimum Gasteiger partial charge on any atom is -0.248 e. The Labute approximate surface area is 211 Å². The van der Waals surface area contributed by atoms with Crippen molar-refractivity contribution in [2.45, 2.75) is 60.8 Å². The number of para-hydroxylation sites is 1. The molecule has 0 atom stereocenters. The highest BCUT2D eigenvalue weighted by molar-refractivity contribution is 6.01. The summed E-state index contributed by atoms with van der Waals surface area (Å²) >= 11 is 0. The molecule has 1 aliphatic carbocycles. The zero-order valence-electron chi connectivity index (χ0n) is 22.2. The molecule has 6 rings (SSSR count). The molecule has 0 spiro atoms. The van der Waals surface area contributed by atoms with Crippen LogP contribution in [-0.4, -0.2) is 4.98 Å². The highest BCUT2D eigenvalue weighted by Gasteiger charge is 2.11. The predicted octanol–water partition coefficient (Wildman–Crippen LogP) is 10.2. The lowest BCUT2D eigenvalue weighted by atomic mass is 9.94. The number of rotatable bonds is 0. The Hall–Kier alpha value is -3.45. The summed E-state index contributed by atoms with van der Waals surface area (Å²) in [5.74, 6) is 0. The zero-order chi connectivity index (χ0) is 25.2. The third kappa shape index (κ3) is 5.98. The van der Waals surface area contributed by atoms with Crippen molar-refractivity contribution in [2.24, 2.45) is 0 Å². The van der Waals surface area contributed by atoms with E-state index in [-0.39, 0.29) is 0 Å². The van der Waals surface area contributed by atoms with E-state index in [0.717, 1.165) is 24.1 Å². The van der Waals surface area contributed by atoms with E-state index in [0.29, 0.717) is 0 Å². The molecule has 0 unspecified atom stereocenters. The summed E-state index contributed by atoms with van der Waals surface area (Å²) in [4.78, 5) is 4.69. The first-order chi connectivity index (χ1) is 17.1. The van der Waals surface area contributed by atoms with Crippen LogP contribution in [0.3, 0.4) is 0 Å². The van der Waals surface area contributed by atoms with Crippen LogP contribution in [0.1, 0.15) is 62.9 Å². The van der Waals surface area contributed by atoms with Gasteiger partial charge in [0, 0.05) is 5.39 Å². The second-order valence-electron chi connectivity index (χ2n) is 8.71. The molecule has 0 radical (unpaired) electrons. The number of hydrogen-bond acceptors (Lipinski definition) is 1. The number of benzene rings is 4. The van der Waals surface area contributed by atoms with Gasteiger partial charge in [-0.3, -0.25) is 0 Å². The number of nitrogens with zero attached hydrogens (tertiary/aromatic N) is 1. The molecule has 0 fully saturated rings. The van der Waals surface area contributed by atoms with Gasteiger partial charge in [0.2, 0.25) is 0 Å². The van der Waals surface area contributed by atoms with Crippen molar-refractivity contribution >= 4 is 38.5 Å². The molecule has 1 aliphatic rings. The fourth-order valence-corrected chi connectivity index (χ4v) is 4.56. The molecule has 35 heavy (non-hydrogen) atoms. The molecule has 0 saturated heterocycles. The van der Waals surface area contributed by atoms with E-state index in [2.05, 4.69) is 118 Å². The molecule has 1 heterocycles.